The van der Waals surface area contributed by atoms with Crippen LogP contribution in [0.4, 0.5) is 5.82 Å². The van der Waals surface area contributed by atoms with Crippen LogP contribution in [0, 0.1) is 0 Å². The van der Waals surface area contributed by atoms with Crippen molar-refractivity contribution in [3.8, 4) is 0 Å². The first kappa shape index (κ1) is 10.4. The summed E-state index contributed by atoms with van der Waals surface area (Å²) in [6.45, 7) is 0. The first-order valence-corrected chi connectivity index (χ1v) is 6.87. The van der Waals surface area contributed by atoms with E-state index in [9.17, 15) is 0 Å². The van der Waals surface area contributed by atoms with E-state index < -0.39 is 0 Å². The number of aryl methyl sites for hydroxylation is 1. The maximum atomic E-state index is 6.12. The van der Waals surface area contributed by atoms with Crippen molar-refractivity contribution >= 4 is 17.6 Å². The van der Waals surface area contributed by atoms with Gasteiger partial charge in [0.15, 0.2) is 5.82 Å². The van der Waals surface area contributed by atoms with Gasteiger partial charge in [0.05, 0.1) is 11.2 Å². The average Bonchev–Trinajstić information content (AvgIpc) is 3.02. The van der Waals surface area contributed by atoms with Gasteiger partial charge in [0.2, 0.25) is 0 Å². The van der Waals surface area contributed by atoms with E-state index in [1.54, 1.807) is 0 Å². The van der Waals surface area contributed by atoms with Crippen molar-refractivity contribution in [2.45, 2.75) is 31.2 Å². The number of nitrogens with zero attached hydrogens (tertiary/aromatic N) is 2. The molecule has 0 unspecified atom stereocenters. The third-order valence-electron chi connectivity index (χ3n) is 3.34. The second kappa shape index (κ2) is 3.60. The molecule has 16 heavy (non-hydrogen) atoms. The summed E-state index contributed by atoms with van der Waals surface area (Å²) in [6, 6.07) is 0. The molecule has 2 aliphatic rings. The second-order valence-corrected chi connectivity index (χ2v) is 5.85. The summed E-state index contributed by atoms with van der Waals surface area (Å²) >= 11 is 1.96. The van der Waals surface area contributed by atoms with Gasteiger partial charge in [-0.05, 0) is 37.2 Å². The second-order valence-electron chi connectivity index (χ2n) is 4.63. The van der Waals surface area contributed by atoms with E-state index in [0.29, 0.717) is 5.82 Å². The number of fused-ring (bicyclic) bond motifs is 1. The molecule has 1 aliphatic carbocycles. The fraction of sp³-hybridized carbons (Fsp3) is 0.636. The summed E-state index contributed by atoms with van der Waals surface area (Å²) in [5.41, 5.74) is 14.1. The largest absolute Gasteiger partial charge is 0.383 e. The van der Waals surface area contributed by atoms with E-state index in [2.05, 4.69) is 9.97 Å². The zero-order valence-corrected chi connectivity index (χ0v) is 10.0. The number of rotatable bonds is 1. The van der Waals surface area contributed by atoms with Crippen molar-refractivity contribution in [3.63, 3.8) is 0 Å². The van der Waals surface area contributed by atoms with Gasteiger partial charge in [0.25, 0.3) is 0 Å². The molecule has 1 aromatic rings. The Labute approximate surface area is 99.2 Å². The van der Waals surface area contributed by atoms with Gasteiger partial charge >= 0.3 is 0 Å². The maximum absolute atomic E-state index is 6.12. The monoisotopic (exact) mass is 236 g/mol. The van der Waals surface area contributed by atoms with Crippen LogP contribution in [0.2, 0.25) is 0 Å². The van der Waals surface area contributed by atoms with Crippen molar-refractivity contribution in [2.24, 2.45) is 5.73 Å². The number of hydrogen-bond donors (Lipinski definition) is 2. The smallest absolute Gasteiger partial charge is 0.150 e. The number of thioether (sulfide) groups is 1. The van der Waals surface area contributed by atoms with Crippen LogP contribution < -0.4 is 11.5 Å². The predicted octanol–water partition coefficient (Wildman–Crippen LogP) is 0.838. The van der Waals surface area contributed by atoms with Crippen molar-refractivity contribution in [3.05, 3.63) is 17.1 Å². The molecule has 3 rings (SSSR count). The van der Waals surface area contributed by atoms with E-state index in [1.165, 1.54) is 0 Å². The van der Waals surface area contributed by atoms with Gasteiger partial charge in [-0.2, -0.15) is 11.8 Å². The minimum absolute atomic E-state index is 0.275. The summed E-state index contributed by atoms with van der Waals surface area (Å²) in [7, 11) is 0. The summed E-state index contributed by atoms with van der Waals surface area (Å²) < 4.78 is 0. The maximum Gasteiger partial charge on any atom is 0.150 e. The van der Waals surface area contributed by atoms with Crippen LogP contribution in [-0.2, 0) is 18.4 Å². The SMILES string of the molecule is Nc1nc(C2(N)CC2)nc2c1CCSCC2. The zero-order chi connectivity index (χ0) is 11.2. The van der Waals surface area contributed by atoms with Gasteiger partial charge in [-0.3, -0.25) is 0 Å². The number of hydrogen-bond acceptors (Lipinski definition) is 5. The van der Waals surface area contributed by atoms with Gasteiger partial charge in [0, 0.05) is 5.56 Å². The van der Waals surface area contributed by atoms with Crippen LogP contribution in [0.5, 0.6) is 0 Å². The Hall–Kier alpha value is -0.810. The molecule has 5 heteroatoms. The van der Waals surface area contributed by atoms with Gasteiger partial charge in [-0.25, -0.2) is 9.97 Å². The highest BCUT2D eigenvalue weighted by atomic mass is 32.2. The fourth-order valence-electron chi connectivity index (χ4n) is 2.05. The van der Waals surface area contributed by atoms with Crippen molar-refractivity contribution in [1.29, 1.82) is 0 Å². The molecular formula is C11H16N4S. The number of anilines is 1. The van der Waals surface area contributed by atoms with E-state index in [0.717, 1.165) is 54.3 Å². The summed E-state index contributed by atoms with van der Waals surface area (Å²) in [6.07, 6.45) is 3.96. The molecular weight excluding hydrogens is 220 g/mol. The minimum Gasteiger partial charge on any atom is -0.383 e. The summed E-state index contributed by atoms with van der Waals surface area (Å²) in [4.78, 5) is 9.03. The van der Waals surface area contributed by atoms with E-state index in [-0.39, 0.29) is 5.54 Å². The third-order valence-corrected chi connectivity index (χ3v) is 4.32. The van der Waals surface area contributed by atoms with Crippen molar-refractivity contribution in [2.75, 3.05) is 17.2 Å². The van der Waals surface area contributed by atoms with E-state index in [1.807, 2.05) is 11.8 Å². The normalized spacial score (nSPS) is 22.3. The van der Waals surface area contributed by atoms with Crippen LogP contribution in [0.1, 0.15) is 29.9 Å². The Morgan fingerprint density at radius 3 is 2.62 bits per heavy atom. The van der Waals surface area contributed by atoms with Gasteiger partial charge in [-0.1, -0.05) is 0 Å². The number of aromatic nitrogens is 2. The molecule has 1 fully saturated rings. The molecule has 4 nitrogen and oxygen atoms in total. The molecule has 0 amide bonds. The standard InChI is InChI=1S/C11H16N4S/c12-9-7-1-5-16-6-2-8(7)14-10(15-9)11(13)3-4-11/h1-6,13H2,(H2,12,14,15). The summed E-state index contributed by atoms with van der Waals surface area (Å²) in [5.74, 6) is 3.66. The molecule has 0 atom stereocenters. The van der Waals surface area contributed by atoms with Crippen molar-refractivity contribution in [1.82, 2.24) is 9.97 Å². The summed E-state index contributed by atoms with van der Waals surface area (Å²) in [5, 5.41) is 0. The quantitative estimate of drug-likeness (QED) is 0.755. The van der Waals surface area contributed by atoms with Gasteiger partial charge in [0.1, 0.15) is 5.82 Å². The molecule has 2 heterocycles. The molecule has 0 spiro atoms. The average molecular weight is 236 g/mol. The van der Waals surface area contributed by atoms with E-state index >= 15 is 0 Å². The Morgan fingerprint density at radius 1 is 1.12 bits per heavy atom. The van der Waals surface area contributed by atoms with Crippen LogP contribution in [0.3, 0.4) is 0 Å². The molecule has 1 aromatic heterocycles. The molecule has 1 aliphatic heterocycles. The molecule has 1 saturated carbocycles. The predicted molar refractivity (Wildman–Crippen MR) is 66.3 cm³/mol. The lowest BCUT2D eigenvalue weighted by Gasteiger charge is -2.13. The molecule has 0 aromatic carbocycles. The highest BCUT2D eigenvalue weighted by Gasteiger charge is 2.43. The lowest BCUT2D eigenvalue weighted by molar-refractivity contribution is 0.663. The molecule has 0 radical (unpaired) electrons. The molecule has 4 N–H and O–H groups in total. The minimum atomic E-state index is -0.275. The zero-order valence-electron chi connectivity index (χ0n) is 9.20. The van der Waals surface area contributed by atoms with Crippen LogP contribution in [-0.4, -0.2) is 21.5 Å². The highest BCUT2D eigenvalue weighted by molar-refractivity contribution is 7.99. The Balaban J connectivity index is 2.05. The van der Waals surface area contributed by atoms with Gasteiger partial charge in [-0.15, -0.1) is 0 Å². The fourth-order valence-corrected chi connectivity index (χ4v) is 2.95. The van der Waals surface area contributed by atoms with E-state index in [4.69, 9.17) is 11.5 Å². The molecule has 86 valence electrons. The Kier molecular flexibility index (Phi) is 2.33. The topological polar surface area (TPSA) is 77.8 Å². The van der Waals surface area contributed by atoms with Gasteiger partial charge < -0.3 is 11.5 Å². The lowest BCUT2D eigenvalue weighted by Crippen LogP contribution is -2.24. The first-order chi connectivity index (χ1) is 7.69. The number of nitrogen functional groups attached to an aromatic ring is 1. The van der Waals surface area contributed by atoms with Crippen LogP contribution in [0.15, 0.2) is 0 Å². The third kappa shape index (κ3) is 1.68. The van der Waals surface area contributed by atoms with Crippen LogP contribution in [0.25, 0.3) is 0 Å². The lowest BCUT2D eigenvalue weighted by atomic mass is 10.1. The Morgan fingerprint density at radius 2 is 1.88 bits per heavy atom. The first-order valence-electron chi connectivity index (χ1n) is 5.71. The highest BCUT2D eigenvalue weighted by Crippen LogP contribution is 2.41. The number of nitrogens with two attached hydrogens (primary N) is 2. The van der Waals surface area contributed by atoms with Crippen molar-refractivity contribution < 1.29 is 0 Å². The Bertz CT molecular complexity index is 428. The molecule has 0 bridgehead atoms. The molecule has 0 saturated heterocycles. The van der Waals surface area contributed by atoms with Crippen LogP contribution >= 0.6 is 11.8 Å².